The van der Waals surface area contributed by atoms with Crippen molar-refractivity contribution >= 4 is 23.7 Å². The van der Waals surface area contributed by atoms with E-state index in [0.29, 0.717) is 16.1 Å². The first-order valence-corrected chi connectivity index (χ1v) is 5.82. The van der Waals surface area contributed by atoms with Gasteiger partial charge >= 0.3 is 0 Å². The summed E-state index contributed by atoms with van der Waals surface area (Å²) < 4.78 is 16.9. The fourth-order valence-corrected chi connectivity index (χ4v) is 1.78. The Bertz CT molecular complexity index is 596. The lowest BCUT2D eigenvalue weighted by Gasteiger charge is -1.97. The molecule has 0 aliphatic rings. The lowest BCUT2D eigenvalue weighted by atomic mass is 10.2. The number of aromatic nitrogens is 2. The molecule has 0 fully saturated rings. The van der Waals surface area contributed by atoms with Crippen molar-refractivity contribution in [3.63, 3.8) is 0 Å². The van der Waals surface area contributed by atoms with E-state index in [1.807, 2.05) is 0 Å². The second-order valence-electron chi connectivity index (χ2n) is 3.41. The normalized spacial score (nSPS) is 10.8. The number of hydrogen-bond acceptors (Lipinski definition) is 5. The number of hydrazone groups is 1. The molecule has 18 heavy (non-hydrogen) atoms. The molecule has 1 aromatic carbocycles. The highest BCUT2D eigenvalue weighted by Gasteiger charge is 2.11. The van der Waals surface area contributed by atoms with Crippen LogP contribution >= 0.6 is 11.5 Å². The number of halogens is 1. The predicted molar refractivity (Wildman–Crippen MR) is 66.1 cm³/mol. The zero-order chi connectivity index (χ0) is 13.0. The Morgan fingerprint density at radius 2 is 2.28 bits per heavy atom. The second kappa shape index (κ2) is 5.46. The van der Waals surface area contributed by atoms with Gasteiger partial charge in [0, 0.05) is 5.56 Å². The van der Waals surface area contributed by atoms with Gasteiger partial charge in [-0.05, 0) is 24.5 Å². The number of rotatable bonds is 3. The van der Waals surface area contributed by atoms with Crippen LogP contribution in [0.15, 0.2) is 29.4 Å². The van der Waals surface area contributed by atoms with Gasteiger partial charge in [-0.3, -0.25) is 4.79 Å². The second-order valence-corrected chi connectivity index (χ2v) is 4.16. The minimum atomic E-state index is -0.407. The largest absolute Gasteiger partial charge is 0.285 e. The molecule has 0 bridgehead atoms. The standard InChI is InChI=1S/C11H9FN4OS/c1-7-10(18-16-14-7)11(17)15-13-6-8-4-2-3-5-9(8)12/h2-6H,1H3,(H,15,17). The summed E-state index contributed by atoms with van der Waals surface area (Å²) in [5.74, 6) is -0.804. The number of amides is 1. The SMILES string of the molecule is Cc1nnsc1C(=O)NN=Cc1ccccc1F. The Kier molecular flexibility index (Phi) is 3.73. The molecule has 2 aromatic rings. The molecule has 1 aromatic heterocycles. The Balaban J connectivity index is 2.03. The van der Waals surface area contributed by atoms with Gasteiger partial charge in [0.1, 0.15) is 10.7 Å². The lowest BCUT2D eigenvalue weighted by Crippen LogP contribution is -2.17. The van der Waals surface area contributed by atoms with Crippen molar-refractivity contribution in [3.8, 4) is 0 Å². The molecule has 0 saturated heterocycles. The summed E-state index contributed by atoms with van der Waals surface area (Å²) in [5.41, 5.74) is 3.14. The minimum Gasteiger partial charge on any atom is -0.266 e. The van der Waals surface area contributed by atoms with E-state index in [-0.39, 0.29) is 0 Å². The van der Waals surface area contributed by atoms with Gasteiger partial charge in [-0.2, -0.15) is 5.10 Å². The maximum atomic E-state index is 13.2. The number of carbonyl (C=O) groups is 1. The Hall–Kier alpha value is -2.15. The number of nitrogens with zero attached hydrogens (tertiary/aromatic N) is 3. The van der Waals surface area contributed by atoms with Crippen LogP contribution < -0.4 is 5.43 Å². The molecule has 0 atom stereocenters. The lowest BCUT2D eigenvalue weighted by molar-refractivity contribution is 0.0958. The van der Waals surface area contributed by atoms with Crippen LogP contribution in [0.5, 0.6) is 0 Å². The van der Waals surface area contributed by atoms with Crippen LogP contribution in [0.25, 0.3) is 0 Å². The summed E-state index contributed by atoms with van der Waals surface area (Å²) in [6.07, 6.45) is 1.25. The number of carbonyl (C=O) groups excluding carboxylic acids is 1. The van der Waals surface area contributed by atoms with Gasteiger partial charge in [0.05, 0.1) is 11.9 Å². The molecule has 5 nitrogen and oxygen atoms in total. The average Bonchev–Trinajstić information content (AvgIpc) is 2.78. The molecule has 1 heterocycles. The molecule has 92 valence electrons. The topological polar surface area (TPSA) is 67.2 Å². The number of benzene rings is 1. The summed E-state index contributed by atoms with van der Waals surface area (Å²) in [6.45, 7) is 1.68. The molecule has 1 amide bonds. The third-order valence-corrected chi connectivity index (χ3v) is 2.96. The van der Waals surface area contributed by atoms with Crippen molar-refractivity contribution in [2.75, 3.05) is 0 Å². The molecule has 2 rings (SSSR count). The summed E-state index contributed by atoms with van der Waals surface area (Å²) in [7, 11) is 0. The highest BCUT2D eigenvalue weighted by atomic mass is 32.1. The van der Waals surface area contributed by atoms with Crippen molar-refractivity contribution in [2.24, 2.45) is 5.10 Å². The van der Waals surface area contributed by atoms with Gasteiger partial charge in [0.25, 0.3) is 5.91 Å². The van der Waals surface area contributed by atoms with Crippen LogP contribution in [-0.4, -0.2) is 21.7 Å². The highest BCUT2D eigenvalue weighted by molar-refractivity contribution is 7.07. The third-order valence-electron chi connectivity index (χ3n) is 2.13. The van der Waals surface area contributed by atoms with Gasteiger partial charge in [-0.15, -0.1) is 5.10 Å². The maximum absolute atomic E-state index is 13.2. The van der Waals surface area contributed by atoms with E-state index >= 15 is 0 Å². The number of hydrogen-bond donors (Lipinski definition) is 1. The zero-order valence-corrected chi connectivity index (χ0v) is 10.2. The van der Waals surface area contributed by atoms with Gasteiger partial charge in [-0.25, -0.2) is 9.82 Å². The fraction of sp³-hybridized carbons (Fsp3) is 0.0909. The van der Waals surface area contributed by atoms with Gasteiger partial charge in [0.15, 0.2) is 0 Å². The molecular weight excluding hydrogens is 255 g/mol. The molecule has 0 spiro atoms. The summed E-state index contributed by atoms with van der Waals surface area (Å²) >= 11 is 0.986. The molecule has 0 aliphatic carbocycles. The van der Waals surface area contributed by atoms with E-state index in [2.05, 4.69) is 20.1 Å². The van der Waals surface area contributed by atoms with E-state index < -0.39 is 11.7 Å². The number of aryl methyl sites for hydroxylation is 1. The van der Waals surface area contributed by atoms with Crippen LogP contribution in [0.4, 0.5) is 4.39 Å². The molecule has 1 N–H and O–H groups in total. The summed E-state index contributed by atoms with van der Waals surface area (Å²) in [6, 6.07) is 6.14. The maximum Gasteiger partial charge on any atom is 0.285 e. The van der Waals surface area contributed by atoms with Crippen LogP contribution in [0.1, 0.15) is 20.9 Å². The van der Waals surface area contributed by atoms with E-state index in [0.717, 1.165) is 11.5 Å². The predicted octanol–water partition coefficient (Wildman–Crippen LogP) is 1.75. The Morgan fingerprint density at radius 3 is 2.94 bits per heavy atom. The van der Waals surface area contributed by atoms with Crippen LogP contribution in [0.3, 0.4) is 0 Å². The van der Waals surface area contributed by atoms with E-state index in [1.165, 1.54) is 12.3 Å². The van der Waals surface area contributed by atoms with Crippen molar-refractivity contribution in [1.29, 1.82) is 0 Å². The van der Waals surface area contributed by atoms with Gasteiger partial charge in [0.2, 0.25) is 0 Å². The minimum absolute atomic E-state index is 0.303. The van der Waals surface area contributed by atoms with Crippen LogP contribution in [0, 0.1) is 12.7 Å². The van der Waals surface area contributed by atoms with Crippen LogP contribution in [-0.2, 0) is 0 Å². The zero-order valence-electron chi connectivity index (χ0n) is 9.42. The smallest absolute Gasteiger partial charge is 0.266 e. The summed E-state index contributed by atoms with van der Waals surface area (Å²) in [5, 5.41) is 7.40. The molecule has 0 saturated carbocycles. The molecule has 0 unspecified atom stereocenters. The first-order valence-electron chi connectivity index (χ1n) is 5.05. The molecular formula is C11H9FN4OS. The molecule has 0 radical (unpaired) electrons. The first-order chi connectivity index (χ1) is 8.68. The summed E-state index contributed by atoms with van der Waals surface area (Å²) in [4.78, 5) is 12.0. The van der Waals surface area contributed by atoms with Gasteiger partial charge in [-0.1, -0.05) is 22.7 Å². The van der Waals surface area contributed by atoms with Gasteiger partial charge < -0.3 is 0 Å². The van der Waals surface area contributed by atoms with E-state index in [9.17, 15) is 9.18 Å². The quantitative estimate of drug-likeness (QED) is 0.678. The Morgan fingerprint density at radius 1 is 1.50 bits per heavy atom. The monoisotopic (exact) mass is 264 g/mol. The fourth-order valence-electron chi connectivity index (χ4n) is 1.23. The number of nitrogens with one attached hydrogen (secondary N) is 1. The third kappa shape index (κ3) is 2.75. The van der Waals surface area contributed by atoms with Crippen molar-refractivity contribution < 1.29 is 9.18 Å². The van der Waals surface area contributed by atoms with Crippen molar-refractivity contribution in [2.45, 2.75) is 6.92 Å². The average molecular weight is 264 g/mol. The highest BCUT2D eigenvalue weighted by Crippen LogP contribution is 2.08. The van der Waals surface area contributed by atoms with Crippen molar-refractivity contribution in [3.05, 3.63) is 46.2 Å². The van der Waals surface area contributed by atoms with E-state index in [1.54, 1.807) is 25.1 Å². The van der Waals surface area contributed by atoms with E-state index in [4.69, 9.17) is 0 Å². The molecule has 0 aliphatic heterocycles. The Labute approximate surface area is 107 Å². The van der Waals surface area contributed by atoms with Crippen LogP contribution in [0.2, 0.25) is 0 Å². The molecule has 7 heteroatoms. The first kappa shape index (κ1) is 12.3. The van der Waals surface area contributed by atoms with Crippen molar-refractivity contribution in [1.82, 2.24) is 15.0 Å².